The van der Waals surface area contributed by atoms with Crippen molar-refractivity contribution in [2.75, 3.05) is 0 Å². The van der Waals surface area contributed by atoms with E-state index < -0.39 is 0 Å². The molecule has 2 rings (SSSR count). The summed E-state index contributed by atoms with van der Waals surface area (Å²) < 4.78 is 0. The highest BCUT2D eigenvalue weighted by Crippen LogP contribution is 2.41. The molecule has 0 saturated heterocycles. The van der Waals surface area contributed by atoms with Crippen molar-refractivity contribution in [3.05, 3.63) is 54.1 Å². The number of allylic oxidation sites excluding steroid dienone is 4. The fourth-order valence-corrected chi connectivity index (χ4v) is 3.30. The Balaban J connectivity index is 2.04. The molecule has 0 radical (unpaired) electrons. The smallest absolute Gasteiger partial charge is 0.0621 e. The molecule has 0 N–H and O–H groups in total. The van der Waals surface area contributed by atoms with Gasteiger partial charge in [-0.3, -0.25) is 0 Å². The fourth-order valence-electron chi connectivity index (χ4n) is 3.30. The molecule has 0 spiro atoms. The van der Waals surface area contributed by atoms with Gasteiger partial charge < -0.3 is 0 Å². The van der Waals surface area contributed by atoms with Gasteiger partial charge in [-0.2, -0.15) is 5.26 Å². The molecule has 1 heteroatoms. The predicted octanol–water partition coefficient (Wildman–Crippen LogP) is 6.29. The highest BCUT2D eigenvalue weighted by atomic mass is 14.3. The third-order valence-electron chi connectivity index (χ3n) is 4.69. The molecular weight excluding hydrogens is 266 g/mol. The second-order valence-electron chi connectivity index (χ2n) is 6.39. The first-order valence-electron chi connectivity index (χ1n) is 8.61. The number of nitriles is 1. The quantitative estimate of drug-likeness (QED) is 0.517. The van der Waals surface area contributed by atoms with Gasteiger partial charge in [-0.1, -0.05) is 74.7 Å². The van der Waals surface area contributed by atoms with Crippen LogP contribution in [0, 0.1) is 16.7 Å². The van der Waals surface area contributed by atoms with Gasteiger partial charge in [0.05, 0.1) is 6.07 Å². The van der Waals surface area contributed by atoms with Crippen molar-refractivity contribution in [1.29, 1.82) is 5.26 Å². The van der Waals surface area contributed by atoms with Crippen LogP contribution < -0.4 is 0 Å². The Morgan fingerprint density at radius 2 is 1.86 bits per heavy atom. The van der Waals surface area contributed by atoms with E-state index in [0.717, 1.165) is 19.3 Å². The topological polar surface area (TPSA) is 23.8 Å². The molecule has 1 aromatic rings. The van der Waals surface area contributed by atoms with Gasteiger partial charge in [0.1, 0.15) is 0 Å². The SMILES string of the molecule is CCCCCC1(CCCC#N)C=CC(c2ccccc2)=CC1. The van der Waals surface area contributed by atoms with Gasteiger partial charge in [0.2, 0.25) is 0 Å². The minimum absolute atomic E-state index is 0.282. The third-order valence-corrected chi connectivity index (χ3v) is 4.69. The van der Waals surface area contributed by atoms with Crippen LogP contribution in [-0.2, 0) is 0 Å². The van der Waals surface area contributed by atoms with Crippen molar-refractivity contribution >= 4 is 5.57 Å². The van der Waals surface area contributed by atoms with Crippen LogP contribution in [0.5, 0.6) is 0 Å². The van der Waals surface area contributed by atoms with E-state index in [1.807, 2.05) is 0 Å². The number of hydrogen-bond donors (Lipinski definition) is 0. The summed E-state index contributed by atoms with van der Waals surface area (Å²) in [5.74, 6) is 0. The van der Waals surface area contributed by atoms with E-state index in [1.54, 1.807) is 0 Å². The van der Waals surface area contributed by atoms with E-state index in [9.17, 15) is 0 Å². The van der Waals surface area contributed by atoms with Gasteiger partial charge in [0.25, 0.3) is 0 Å². The summed E-state index contributed by atoms with van der Waals surface area (Å²) in [7, 11) is 0. The van der Waals surface area contributed by atoms with Crippen molar-refractivity contribution in [2.45, 2.75) is 58.3 Å². The molecule has 1 nitrogen and oxygen atoms in total. The van der Waals surface area contributed by atoms with Crippen LogP contribution >= 0.6 is 0 Å². The first kappa shape index (κ1) is 16.6. The fraction of sp³-hybridized carbons (Fsp3) is 0.476. The van der Waals surface area contributed by atoms with Gasteiger partial charge in [0.15, 0.2) is 0 Å². The molecule has 0 amide bonds. The van der Waals surface area contributed by atoms with E-state index in [2.05, 4.69) is 61.6 Å². The molecule has 22 heavy (non-hydrogen) atoms. The summed E-state index contributed by atoms with van der Waals surface area (Å²) >= 11 is 0. The van der Waals surface area contributed by atoms with Crippen LogP contribution in [0.3, 0.4) is 0 Å². The van der Waals surface area contributed by atoms with E-state index in [1.165, 1.54) is 36.8 Å². The maximum atomic E-state index is 8.80. The maximum absolute atomic E-state index is 8.80. The largest absolute Gasteiger partial charge is 0.198 e. The summed E-state index contributed by atoms with van der Waals surface area (Å²) in [4.78, 5) is 0. The lowest BCUT2D eigenvalue weighted by atomic mass is 9.72. The van der Waals surface area contributed by atoms with E-state index in [0.29, 0.717) is 6.42 Å². The number of rotatable bonds is 8. The van der Waals surface area contributed by atoms with Crippen LogP contribution in [0.25, 0.3) is 5.57 Å². The van der Waals surface area contributed by atoms with Crippen LogP contribution in [0.2, 0.25) is 0 Å². The van der Waals surface area contributed by atoms with Crippen molar-refractivity contribution in [1.82, 2.24) is 0 Å². The Bertz CT molecular complexity index is 547. The van der Waals surface area contributed by atoms with Gasteiger partial charge in [-0.25, -0.2) is 0 Å². The summed E-state index contributed by atoms with van der Waals surface area (Å²) in [6, 6.07) is 12.9. The Morgan fingerprint density at radius 3 is 2.50 bits per heavy atom. The Kier molecular flexibility index (Phi) is 6.46. The molecule has 0 saturated carbocycles. The Morgan fingerprint density at radius 1 is 1.09 bits per heavy atom. The second-order valence-corrected chi connectivity index (χ2v) is 6.39. The average Bonchev–Trinajstić information content (AvgIpc) is 2.57. The third kappa shape index (κ3) is 4.60. The van der Waals surface area contributed by atoms with Crippen molar-refractivity contribution in [3.63, 3.8) is 0 Å². The zero-order valence-electron chi connectivity index (χ0n) is 13.7. The Labute approximate surface area is 135 Å². The molecule has 0 aromatic heterocycles. The summed E-state index contributed by atoms with van der Waals surface area (Å²) in [6.45, 7) is 2.26. The van der Waals surface area contributed by atoms with Gasteiger partial charge >= 0.3 is 0 Å². The summed E-state index contributed by atoms with van der Waals surface area (Å²) in [5, 5.41) is 8.80. The number of benzene rings is 1. The standard InChI is InChI=1S/C21H27N/c1-2-3-7-14-21(15-8-9-18-22)16-12-20(13-17-21)19-10-5-4-6-11-19/h4-6,10-13,16H,2-3,7-9,14-15,17H2,1H3. The molecular formula is C21H27N. The van der Waals surface area contributed by atoms with Crippen molar-refractivity contribution in [3.8, 4) is 6.07 Å². The molecule has 116 valence electrons. The molecule has 0 heterocycles. The zero-order valence-corrected chi connectivity index (χ0v) is 13.7. The number of unbranched alkanes of at least 4 members (excludes halogenated alkanes) is 3. The first-order valence-corrected chi connectivity index (χ1v) is 8.61. The normalized spacial score (nSPS) is 20.5. The molecule has 1 aliphatic rings. The zero-order chi connectivity index (χ0) is 15.7. The van der Waals surface area contributed by atoms with E-state index in [-0.39, 0.29) is 5.41 Å². The molecule has 1 aromatic carbocycles. The predicted molar refractivity (Wildman–Crippen MR) is 94.2 cm³/mol. The van der Waals surface area contributed by atoms with Gasteiger partial charge in [-0.15, -0.1) is 0 Å². The lowest BCUT2D eigenvalue weighted by molar-refractivity contribution is 0.304. The lowest BCUT2D eigenvalue weighted by Crippen LogP contribution is -2.19. The van der Waals surface area contributed by atoms with Crippen molar-refractivity contribution in [2.24, 2.45) is 5.41 Å². The minimum Gasteiger partial charge on any atom is -0.198 e. The molecule has 0 fully saturated rings. The summed E-state index contributed by atoms with van der Waals surface area (Å²) in [6.07, 6.45) is 16.2. The molecule has 1 unspecified atom stereocenters. The van der Waals surface area contributed by atoms with Crippen LogP contribution in [0.4, 0.5) is 0 Å². The molecule has 0 bridgehead atoms. The monoisotopic (exact) mass is 293 g/mol. The molecule has 1 atom stereocenters. The van der Waals surface area contributed by atoms with Crippen molar-refractivity contribution < 1.29 is 0 Å². The first-order chi connectivity index (χ1) is 10.8. The van der Waals surface area contributed by atoms with Crippen LogP contribution in [0.15, 0.2) is 48.6 Å². The van der Waals surface area contributed by atoms with Crippen LogP contribution in [-0.4, -0.2) is 0 Å². The van der Waals surface area contributed by atoms with E-state index >= 15 is 0 Å². The summed E-state index contributed by atoms with van der Waals surface area (Å²) in [5.41, 5.74) is 2.93. The highest BCUT2D eigenvalue weighted by molar-refractivity contribution is 5.75. The van der Waals surface area contributed by atoms with Gasteiger partial charge in [-0.05, 0) is 42.2 Å². The maximum Gasteiger partial charge on any atom is 0.0621 e. The molecule has 1 aliphatic carbocycles. The highest BCUT2D eigenvalue weighted by Gasteiger charge is 2.27. The average molecular weight is 293 g/mol. The van der Waals surface area contributed by atoms with Crippen LogP contribution in [0.1, 0.15) is 63.9 Å². The van der Waals surface area contributed by atoms with Gasteiger partial charge in [0, 0.05) is 6.42 Å². The lowest BCUT2D eigenvalue weighted by Gasteiger charge is -2.33. The van der Waals surface area contributed by atoms with E-state index in [4.69, 9.17) is 5.26 Å². The number of hydrogen-bond acceptors (Lipinski definition) is 1. The number of nitrogens with zero attached hydrogens (tertiary/aromatic N) is 1. The second kappa shape index (κ2) is 8.59. The minimum atomic E-state index is 0.282. The Hall–Kier alpha value is -1.81. The molecule has 0 aliphatic heterocycles.